The average molecular weight is 378 g/mol. The van der Waals surface area contributed by atoms with Crippen molar-refractivity contribution in [2.24, 2.45) is 0 Å². The fraction of sp³-hybridized carbons (Fsp3) is 0.125. The molecule has 128 valence electrons. The maximum absolute atomic E-state index is 12.4. The van der Waals surface area contributed by atoms with E-state index in [9.17, 15) is 9.59 Å². The number of nitrogens with zero attached hydrogens (tertiary/aromatic N) is 4. The number of aromatic nitrogens is 4. The molecule has 3 aromatic rings. The van der Waals surface area contributed by atoms with Gasteiger partial charge in [0.25, 0.3) is 5.56 Å². The van der Waals surface area contributed by atoms with Crippen LogP contribution in [0.5, 0.6) is 0 Å². The van der Waals surface area contributed by atoms with E-state index in [4.69, 9.17) is 23.2 Å². The molecule has 25 heavy (non-hydrogen) atoms. The largest absolute Gasteiger partial charge is 0.324 e. The zero-order valence-electron chi connectivity index (χ0n) is 13.1. The van der Waals surface area contributed by atoms with Crippen molar-refractivity contribution < 1.29 is 4.79 Å². The van der Waals surface area contributed by atoms with Gasteiger partial charge in [-0.05, 0) is 37.3 Å². The van der Waals surface area contributed by atoms with Crippen LogP contribution in [-0.2, 0) is 4.79 Å². The van der Waals surface area contributed by atoms with Gasteiger partial charge in [0.2, 0.25) is 5.91 Å². The van der Waals surface area contributed by atoms with Crippen LogP contribution in [0.4, 0.5) is 5.69 Å². The number of hydrogen-bond donors (Lipinski definition) is 1. The van der Waals surface area contributed by atoms with Crippen LogP contribution in [0.3, 0.4) is 0 Å². The molecule has 2 heterocycles. The van der Waals surface area contributed by atoms with Crippen molar-refractivity contribution in [3.63, 3.8) is 0 Å². The second-order valence-corrected chi connectivity index (χ2v) is 6.03. The topological polar surface area (TPSA) is 81.8 Å². The highest BCUT2D eigenvalue weighted by Crippen LogP contribution is 2.25. The van der Waals surface area contributed by atoms with Gasteiger partial charge < -0.3 is 5.32 Å². The summed E-state index contributed by atoms with van der Waals surface area (Å²) >= 11 is 11.8. The van der Waals surface area contributed by atoms with Crippen molar-refractivity contribution in [3.05, 3.63) is 69.2 Å². The van der Waals surface area contributed by atoms with Crippen molar-refractivity contribution in [1.82, 2.24) is 19.6 Å². The monoisotopic (exact) mass is 377 g/mol. The molecular weight excluding hydrogens is 365 g/mol. The number of carbonyl (C=O) groups excluding carboxylic acids is 1. The number of amides is 1. The standard InChI is InChI=1S/C16H13Cl2N5O2/c1-10(16(25)20-11-3-4-12(17)13(18)9-11)23-15(24)6-5-14(21-23)22-8-2-7-19-22/h2-10H,1H3,(H,20,25). The fourth-order valence-electron chi connectivity index (χ4n) is 2.15. The SMILES string of the molecule is CC(C(=O)Nc1ccc(Cl)c(Cl)c1)n1nc(-n2cccn2)ccc1=O. The highest BCUT2D eigenvalue weighted by atomic mass is 35.5. The molecular formula is C16H13Cl2N5O2. The summed E-state index contributed by atoms with van der Waals surface area (Å²) in [4.78, 5) is 24.5. The normalized spacial score (nSPS) is 12.0. The second-order valence-electron chi connectivity index (χ2n) is 5.22. The number of rotatable bonds is 4. The summed E-state index contributed by atoms with van der Waals surface area (Å²) in [5, 5.41) is 11.7. The predicted octanol–water partition coefficient (Wildman–Crippen LogP) is 2.94. The maximum Gasteiger partial charge on any atom is 0.267 e. The Kier molecular flexibility index (Phi) is 4.87. The zero-order chi connectivity index (χ0) is 18.0. The third kappa shape index (κ3) is 3.72. The summed E-state index contributed by atoms with van der Waals surface area (Å²) in [5.41, 5.74) is 0.0789. The first kappa shape index (κ1) is 17.2. The molecule has 2 aromatic heterocycles. The van der Waals surface area contributed by atoms with E-state index in [2.05, 4.69) is 15.5 Å². The molecule has 9 heteroatoms. The third-order valence-corrected chi connectivity index (χ3v) is 4.22. The Morgan fingerprint density at radius 2 is 2.00 bits per heavy atom. The number of carbonyl (C=O) groups is 1. The quantitative estimate of drug-likeness (QED) is 0.757. The molecule has 0 spiro atoms. The van der Waals surface area contributed by atoms with Gasteiger partial charge in [-0.3, -0.25) is 9.59 Å². The summed E-state index contributed by atoms with van der Waals surface area (Å²) < 4.78 is 2.60. The molecule has 0 bridgehead atoms. The number of anilines is 1. The molecule has 0 saturated heterocycles. The van der Waals surface area contributed by atoms with Crippen LogP contribution in [-0.4, -0.2) is 25.5 Å². The van der Waals surface area contributed by atoms with Gasteiger partial charge in [-0.1, -0.05) is 23.2 Å². The second kappa shape index (κ2) is 7.08. The molecule has 1 aromatic carbocycles. The lowest BCUT2D eigenvalue weighted by Crippen LogP contribution is -2.33. The highest BCUT2D eigenvalue weighted by molar-refractivity contribution is 6.42. The van der Waals surface area contributed by atoms with Gasteiger partial charge in [0.1, 0.15) is 6.04 Å². The van der Waals surface area contributed by atoms with E-state index < -0.39 is 17.5 Å². The summed E-state index contributed by atoms with van der Waals surface area (Å²) in [6.07, 6.45) is 3.29. The third-order valence-electron chi connectivity index (χ3n) is 3.48. The van der Waals surface area contributed by atoms with Gasteiger partial charge in [0.05, 0.1) is 10.0 Å². The van der Waals surface area contributed by atoms with E-state index in [0.717, 1.165) is 4.68 Å². The van der Waals surface area contributed by atoms with Crippen molar-refractivity contribution in [1.29, 1.82) is 0 Å². The van der Waals surface area contributed by atoms with Crippen LogP contribution in [0.2, 0.25) is 10.0 Å². The Hall–Kier alpha value is -2.64. The average Bonchev–Trinajstić information content (AvgIpc) is 3.12. The molecule has 1 unspecified atom stereocenters. The minimum absolute atomic E-state index is 0.322. The molecule has 1 atom stereocenters. The molecule has 1 amide bonds. The van der Waals surface area contributed by atoms with E-state index in [1.54, 1.807) is 37.5 Å². The molecule has 1 N–H and O–H groups in total. The van der Waals surface area contributed by atoms with Crippen molar-refractivity contribution in [3.8, 4) is 5.82 Å². The Labute approximate surface area is 152 Å². The summed E-state index contributed by atoms with van der Waals surface area (Å²) in [5.74, 6) is 0.0180. The Bertz CT molecular complexity index is 969. The molecule has 0 saturated carbocycles. The Morgan fingerprint density at radius 3 is 2.68 bits per heavy atom. The molecule has 3 rings (SSSR count). The van der Waals surface area contributed by atoms with Gasteiger partial charge in [0, 0.05) is 24.1 Å². The van der Waals surface area contributed by atoms with Crippen LogP contribution in [0.25, 0.3) is 5.82 Å². The van der Waals surface area contributed by atoms with Gasteiger partial charge in [-0.25, -0.2) is 9.36 Å². The van der Waals surface area contributed by atoms with Crippen molar-refractivity contribution in [2.45, 2.75) is 13.0 Å². The molecule has 0 aliphatic heterocycles. The lowest BCUT2D eigenvalue weighted by atomic mass is 10.2. The molecule has 0 fully saturated rings. The first-order valence-corrected chi connectivity index (χ1v) is 8.07. The lowest BCUT2D eigenvalue weighted by molar-refractivity contribution is -0.119. The number of hydrogen-bond acceptors (Lipinski definition) is 4. The maximum atomic E-state index is 12.4. The van der Waals surface area contributed by atoms with E-state index in [-0.39, 0.29) is 0 Å². The summed E-state index contributed by atoms with van der Waals surface area (Å²) in [6, 6.07) is 8.50. The van der Waals surface area contributed by atoms with Crippen LogP contribution >= 0.6 is 23.2 Å². The van der Waals surface area contributed by atoms with Crippen molar-refractivity contribution >= 4 is 34.8 Å². The first-order chi connectivity index (χ1) is 12.0. The summed E-state index contributed by atoms with van der Waals surface area (Å²) in [6.45, 7) is 1.58. The smallest absolute Gasteiger partial charge is 0.267 e. The van der Waals surface area contributed by atoms with Crippen molar-refractivity contribution in [2.75, 3.05) is 5.32 Å². The Morgan fingerprint density at radius 1 is 1.20 bits per heavy atom. The summed E-state index contributed by atoms with van der Waals surface area (Å²) in [7, 11) is 0. The minimum atomic E-state index is -0.836. The lowest BCUT2D eigenvalue weighted by Gasteiger charge is -2.15. The predicted molar refractivity (Wildman–Crippen MR) is 95.4 cm³/mol. The Balaban J connectivity index is 1.85. The number of benzene rings is 1. The van der Waals surface area contributed by atoms with Gasteiger partial charge in [-0.2, -0.15) is 5.10 Å². The number of halogens is 2. The van der Waals surface area contributed by atoms with Crippen LogP contribution in [0, 0.1) is 0 Å². The zero-order valence-corrected chi connectivity index (χ0v) is 14.6. The van der Waals surface area contributed by atoms with Crippen LogP contribution in [0.15, 0.2) is 53.6 Å². The highest BCUT2D eigenvalue weighted by Gasteiger charge is 2.18. The molecule has 0 radical (unpaired) electrons. The van der Waals surface area contributed by atoms with Gasteiger partial charge >= 0.3 is 0 Å². The van der Waals surface area contributed by atoms with E-state index in [0.29, 0.717) is 21.6 Å². The first-order valence-electron chi connectivity index (χ1n) is 7.31. The molecule has 7 nitrogen and oxygen atoms in total. The minimum Gasteiger partial charge on any atom is -0.324 e. The van der Waals surface area contributed by atoms with Crippen LogP contribution < -0.4 is 10.9 Å². The molecule has 0 aliphatic carbocycles. The fourth-order valence-corrected chi connectivity index (χ4v) is 2.45. The van der Waals surface area contributed by atoms with Gasteiger partial charge in [-0.15, -0.1) is 5.10 Å². The number of nitrogens with one attached hydrogen (secondary N) is 1. The van der Waals surface area contributed by atoms with Crippen LogP contribution in [0.1, 0.15) is 13.0 Å². The van der Waals surface area contributed by atoms with E-state index >= 15 is 0 Å². The molecule has 0 aliphatic rings. The van der Waals surface area contributed by atoms with E-state index in [1.807, 2.05) is 0 Å². The van der Waals surface area contributed by atoms with E-state index in [1.165, 1.54) is 22.9 Å². The van der Waals surface area contributed by atoms with Gasteiger partial charge in [0.15, 0.2) is 5.82 Å².